The van der Waals surface area contributed by atoms with Crippen LogP contribution in [0.5, 0.6) is 0 Å². The summed E-state index contributed by atoms with van der Waals surface area (Å²) in [6.07, 6.45) is -4.74. The molecule has 0 aliphatic heterocycles. The maximum Gasteiger partial charge on any atom is 0.417 e. The number of hydrogen-bond donors (Lipinski definition) is 0. The predicted molar refractivity (Wildman–Crippen MR) is 89.9 cm³/mol. The third-order valence-corrected chi connectivity index (χ3v) is 3.86. The summed E-state index contributed by atoms with van der Waals surface area (Å²) in [6.45, 7) is 3.10. The Morgan fingerprint density at radius 3 is 2.35 bits per heavy atom. The van der Waals surface area contributed by atoms with Gasteiger partial charge < -0.3 is 9.47 Å². The van der Waals surface area contributed by atoms with Crippen LogP contribution in [-0.4, -0.2) is 31.6 Å². The minimum absolute atomic E-state index is 0.0103. The number of rotatable bonds is 7. The molecule has 0 spiro atoms. The molecule has 2 rings (SSSR count). The molecule has 1 atom stereocenters. The molecule has 26 heavy (non-hydrogen) atoms. The summed E-state index contributed by atoms with van der Waals surface area (Å²) in [5.74, 6) is -3.31. The lowest BCUT2D eigenvalue weighted by atomic mass is 9.89. The summed E-state index contributed by atoms with van der Waals surface area (Å²) in [6, 6.07) is 8.40. The zero-order valence-corrected chi connectivity index (χ0v) is 14.4. The molecule has 7 heteroatoms. The minimum Gasteiger partial charge on any atom is -0.465 e. The van der Waals surface area contributed by atoms with Crippen LogP contribution in [0.15, 0.2) is 36.4 Å². The topological polar surface area (TPSA) is 52.6 Å². The van der Waals surface area contributed by atoms with E-state index in [9.17, 15) is 22.8 Å². The van der Waals surface area contributed by atoms with Crippen LogP contribution in [0.1, 0.15) is 29.8 Å². The molecule has 0 fully saturated rings. The van der Waals surface area contributed by atoms with E-state index in [-0.39, 0.29) is 25.2 Å². The van der Waals surface area contributed by atoms with Crippen molar-refractivity contribution in [2.24, 2.45) is 5.92 Å². The molecule has 0 aliphatic carbocycles. The second-order valence-electron chi connectivity index (χ2n) is 5.54. The van der Waals surface area contributed by atoms with Gasteiger partial charge in [0.1, 0.15) is 5.92 Å². The summed E-state index contributed by atoms with van der Waals surface area (Å²) < 4.78 is 50.5. The highest BCUT2D eigenvalue weighted by molar-refractivity contribution is 6.16. The van der Waals surface area contributed by atoms with Gasteiger partial charge in [0, 0.05) is 12.2 Å². The van der Waals surface area contributed by atoms with Gasteiger partial charge in [0.05, 0.1) is 18.8 Å². The predicted octanol–water partition coefficient (Wildman–Crippen LogP) is 4.26. The third-order valence-electron chi connectivity index (χ3n) is 3.86. The van der Waals surface area contributed by atoms with E-state index >= 15 is 0 Å². The molecule has 0 saturated heterocycles. The summed E-state index contributed by atoms with van der Waals surface area (Å²) >= 11 is 0. The normalized spacial score (nSPS) is 12.8. The molecule has 0 aromatic heterocycles. The Kier molecular flexibility index (Phi) is 6.37. The van der Waals surface area contributed by atoms with Crippen molar-refractivity contribution in [3.05, 3.63) is 47.5 Å². The average molecular weight is 368 g/mol. The second-order valence-corrected chi connectivity index (χ2v) is 5.54. The fraction of sp³-hybridized carbons (Fsp3) is 0.368. The lowest BCUT2D eigenvalue weighted by Crippen LogP contribution is -2.32. The summed E-state index contributed by atoms with van der Waals surface area (Å²) in [7, 11) is 0. The van der Waals surface area contributed by atoms with Gasteiger partial charge in [0.2, 0.25) is 0 Å². The monoisotopic (exact) mass is 368 g/mol. The number of hydrogen-bond acceptors (Lipinski definition) is 4. The van der Waals surface area contributed by atoms with Crippen LogP contribution in [-0.2, 0) is 20.4 Å². The molecule has 0 saturated carbocycles. The maximum absolute atomic E-state index is 13.5. The Hall–Kier alpha value is -2.41. The van der Waals surface area contributed by atoms with Crippen LogP contribution in [0, 0.1) is 5.92 Å². The van der Waals surface area contributed by atoms with E-state index in [1.54, 1.807) is 32.0 Å². The Bertz CT molecular complexity index is 799. The van der Waals surface area contributed by atoms with Gasteiger partial charge in [-0.15, -0.1) is 0 Å². The lowest BCUT2D eigenvalue weighted by molar-refractivity contribution is -0.148. The Morgan fingerprint density at radius 2 is 1.73 bits per heavy atom. The van der Waals surface area contributed by atoms with E-state index in [0.29, 0.717) is 5.39 Å². The van der Waals surface area contributed by atoms with Crippen LogP contribution < -0.4 is 0 Å². The van der Waals surface area contributed by atoms with Gasteiger partial charge in [0.15, 0.2) is 5.78 Å². The molecular weight excluding hydrogens is 349 g/mol. The number of benzene rings is 2. The van der Waals surface area contributed by atoms with Crippen molar-refractivity contribution in [2.45, 2.75) is 20.0 Å². The molecule has 2 aromatic rings. The van der Waals surface area contributed by atoms with Gasteiger partial charge in [-0.3, -0.25) is 9.59 Å². The first-order valence-corrected chi connectivity index (χ1v) is 8.18. The molecule has 0 bridgehead atoms. The Morgan fingerprint density at radius 1 is 1.04 bits per heavy atom. The summed E-state index contributed by atoms with van der Waals surface area (Å²) in [5, 5.41) is 0.612. The first kappa shape index (κ1) is 19.9. The summed E-state index contributed by atoms with van der Waals surface area (Å²) in [4.78, 5) is 25.1. The van der Waals surface area contributed by atoms with E-state index in [4.69, 9.17) is 9.47 Å². The van der Waals surface area contributed by atoms with Gasteiger partial charge in [-0.1, -0.05) is 30.3 Å². The first-order valence-electron chi connectivity index (χ1n) is 8.18. The third kappa shape index (κ3) is 4.22. The van der Waals surface area contributed by atoms with Crippen molar-refractivity contribution in [3.8, 4) is 0 Å². The largest absolute Gasteiger partial charge is 0.465 e. The van der Waals surface area contributed by atoms with Crippen molar-refractivity contribution < 1.29 is 32.2 Å². The van der Waals surface area contributed by atoms with Crippen LogP contribution in [0.4, 0.5) is 13.2 Å². The molecule has 4 nitrogen and oxygen atoms in total. The average Bonchev–Trinajstić information content (AvgIpc) is 2.60. The molecule has 140 valence electrons. The fourth-order valence-corrected chi connectivity index (χ4v) is 2.68. The highest BCUT2D eigenvalue weighted by Gasteiger charge is 2.39. The molecule has 0 N–H and O–H groups in total. The molecule has 0 radical (unpaired) electrons. The van der Waals surface area contributed by atoms with E-state index in [1.807, 2.05) is 0 Å². The lowest BCUT2D eigenvalue weighted by Gasteiger charge is -2.19. The zero-order chi connectivity index (χ0) is 19.3. The van der Waals surface area contributed by atoms with Crippen LogP contribution in [0.2, 0.25) is 0 Å². The fourth-order valence-electron chi connectivity index (χ4n) is 2.68. The number of esters is 1. The van der Waals surface area contributed by atoms with Crippen molar-refractivity contribution in [2.75, 3.05) is 19.8 Å². The van der Waals surface area contributed by atoms with Gasteiger partial charge in [-0.25, -0.2) is 0 Å². The number of carbonyl (C=O) groups excluding carboxylic acids is 2. The van der Waals surface area contributed by atoms with E-state index in [0.717, 1.165) is 6.07 Å². The molecule has 0 amide bonds. The quantitative estimate of drug-likeness (QED) is 0.416. The minimum atomic E-state index is -4.74. The maximum atomic E-state index is 13.5. The van der Waals surface area contributed by atoms with E-state index in [1.165, 1.54) is 12.1 Å². The van der Waals surface area contributed by atoms with Crippen molar-refractivity contribution in [1.82, 2.24) is 0 Å². The van der Waals surface area contributed by atoms with Crippen molar-refractivity contribution >= 4 is 22.5 Å². The van der Waals surface area contributed by atoms with Gasteiger partial charge in [-0.05, 0) is 30.7 Å². The Labute approximate surface area is 148 Å². The second kappa shape index (κ2) is 8.31. The van der Waals surface area contributed by atoms with Crippen molar-refractivity contribution in [1.29, 1.82) is 0 Å². The molecule has 0 aliphatic rings. The standard InChI is InChI=1S/C19H19F3O4/c1-3-25-11-14(18(24)26-4-2)17(23)16-13-8-6-5-7-12(13)9-10-15(16)19(20,21)22/h5-10,14H,3-4,11H2,1-2H3. The highest BCUT2D eigenvalue weighted by atomic mass is 19.4. The van der Waals surface area contributed by atoms with Crippen LogP contribution in [0.3, 0.4) is 0 Å². The van der Waals surface area contributed by atoms with Crippen LogP contribution >= 0.6 is 0 Å². The number of halogens is 3. The SMILES string of the molecule is CCOCC(C(=O)OCC)C(=O)c1c(C(F)(F)F)ccc2ccccc12. The van der Waals surface area contributed by atoms with Crippen LogP contribution in [0.25, 0.3) is 10.8 Å². The number of ketones is 1. The van der Waals surface area contributed by atoms with E-state index < -0.39 is 35.0 Å². The number of Topliss-reactive ketones (excluding diaryl/α,β-unsaturated/α-hetero) is 1. The smallest absolute Gasteiger partial charge is 0.417 e. The molecule has 1 unspecified atom stereocenters. The van der Waals surface area contributed by atoms with Gasteiger partial charge in [0.25, 0.3) is 0 Å². The van der Waals surface area contributed by atoms with E-state index in [2.05, 4.69) is 0 Å². The van der Waals surface area contributed by atoms with Crippen molar-refractivity contribution in [3.63, 3.8) is 0 Å². The number of alkyl halides is 3. The number of fused-ring (bicyclic) bond motifs is 1. The van der Waals surface area contributed by atoms with Gasteiger partial charge >= 0.3 is 12.1 Å². The first-order chi connectivity index (χ1) is 12.3. The molecule has 0 heterocycles. The molecule has 2 aromatic carbocycles. The summed E-state index contributed by atoms with van der Waals surface area (Å²) in [5.41, 5.74) is -1.61. The zero-order valence-electron chi connectivity index (χ0n) is 14.4. The highest BCUT2D eigenvalue weighted by Crippen LogP contribution is 2.37. The van der Waals surface area contributed by atoms with Gasteiger partial charge in [-0.2, -0.15) is 13.2 Å². The Balaban J connectivity index is 2.63. The number of carbonyl (C=O) groups is 2. The molecular formula is C19H19F3O4. The number of ether oxygens (including phenoxy) is 2.